The van der Waals surface area contributed by atoms with Gasteiger partial charge in [-0.15, -0.1) is 0 Å². The second kappa shape index (κ2) is 29.2. The van der Waals surface area contributed by atoms with Gasteiger partial charge in [-0.25, -0.2) is 0 Å². The van der Waals surface area contributed by atoms with E-state index in [2.05, 4.69) is 13.8 Å². The van der Waals surface area contributed by atoms with Crippen molar-refractivity contribution >= 4 is 45.5 Å². The van der Waals surface area contributed by atoms with Gasteiger partial charge in [-0.05, 0) is 12.8 Å². The molecule has 0 atom stereocenters. The maximum Gasteiger partial charge on any atom is 0.138 e. The summed E-state index contributed by atoms with van der Waals surface area (Å²) in [6, 6.07) is 0. The van der Waals surface area contributed by atoms with Crippen LogP contribution in [0.2, 0.25) is 0 Å². The molecule has 0 aliphatic heterocycles. The zero-order valence-corrected chi connectivity index (χ0v) is 25.7. The number of ketones is 2. The molecular formula is C26H48O8Sn. The van der Waals surface area contributed by atoms with E-state index in [1.54, 1.807) is 0 Å². The molecule has 0 aromatic carbocycles. The largest absolute Gasteiger partial charge is 0.550 e. The first kappa shape index (κ1) is 38.5. The van der Waals surface area contributed by atoms with Crippen molar-refractivity contribution in [3.05, 3.63) is 0 Å². The number of hydrogen-bond donors (Lipinski definition) is 0. The molecule has 204 valence electrons. The Morgan fingerprint density at radius 3 is 1.17 bits per heavy atom. The first-order chi connectivity index (χ1) is 16.5. The Kier molecular flexibility index (Phi) is 32.2. The molecule has 0 saturated carbocycles. The molecule has 0 aromatic rings. The predicted molar refractivity (Wildman–Crippen MR) is 134 cm³/mol. The molecule has 0 aliphatic carbocycles. The fraction of sp³-hybridized carbons (Fsp3) is 0.846. The van der Waals surface area contributed by atoms with Gasteiger partial charge in [-0.1, -0.05) is 65.2 Å². The molecule has 0 bridgehead atoms. The van der Waals surface area contributed by atoms with Gasteiger partial charge in [-0.3, -0.25) is 9.59 Å². The molecule has 8 nitrogen and oxygen atoms in total. The third-order valence-electron chi connectivity index (χ3n) is 4.37. The summed E-state index contributed by atoms with van der Waals surface area (Å²) in [4.78, 5) is 41.8. The Morgan fingerprint density at radius 2 is 0.914 bits per heavy atom. The number of rotatable bonds is 20. The van der Waals surface area contributed by atoms with Crippen molar-refractivity contribution < 1.29 is 35.5 Å². The van der Waals surface area contributed by atoms with E-state index in [4.69, 9.17) is 6.15 Å². The summed E-state index contributed by atoms with van der Waals surface area (Å²) in [5.41, 5.74) is 0. The molecule has 0 aromatic heterocycles. The van der Waals surface area contributed by atoms with E-state index in [1.165, 1.54) is 25.7 Å². The molecule has 0 spiro atoms. The third kappa shape index (κ3) is 43.5. The molecule has 0 fully saturated rings. The number of Topliss-reactive ketones (excluding diaryl/α,β-unsaturated/α-hetero) is 2. The van der Waals surface area contributed by atoms with Crippen LogP contribution in [0.4, 0.5) is 0 Å². The molecule has 0 heterocycles. The van der Waals surface area contributed by atoms with Crippen LogP contribution in [0.15, 0.2) is 0 Å². The van der Waals surface area contributed by atoms with Gasteiger partial charge in [-0.2, -0.15) is 0 Å². The van der Waals surface area contributed by atoms with E-state index in [1.807, 2.05) is 27.7 Å². The molecular weight excluding hydrogens is 559 g/mol. The summed E-state index contributed by atoms with van der Waals surface area (Å²) in [5.74, 6) is -2.95. The van der Waals surface area contributed by atoms with Gasteiger partial charge in [0.2, 0.25) is 0 Å². The summed E-state index contributed by atoms with van der Waals surface area (Å²) >= 11 is -0.929. The van der Waals surface area contributed by atoms with Crippen molar-refractivity contribution in [2.45, 2.75) is 144 Å². The van der Waals surface area contributed by atoms with E-state index < -0.39 is 46.8 Å². The average Bonchev–Trinajstić information content (AvgIpc) is 2.73. The zero-order chi connectivity index (χ0) is 27.5. The van der Waals surface area contributed by atoms with E-state index in [0.717, 1.165) is 38.5 Å². The van der Waals surface area contributed by atoms with Crippen LogP contribution in [0.25, 0.3) is 0 Å². The van der Waals surface area contributed by atoms with E-state index in [9.17, 15) is 29.4 Å². The van der Waals surface area contributed by atoms with Crippen LogP contribution in [0.5, 0.6) is 0 Å². The van der Waals surface area contributed by atoms with E-state index >= 15 is 0 Å². The maximum atomic E-state index is 10.9. The molecule has 0 N–H and O–H groups in total. The minimum atomic E-state index is -1.27. The molecule has 0 unspecified atom stereocenters. The first-order valence-corrected chi connectivity index (χ1v) is 15.3. The second-order valence-electron chi connectivity index (χ2n) is 8.92. The molecule has 0 saturated heterocycles. The van der Waals surface area contributed by atoms with Crippen molar-refractivity contribution in [2.24, 2.45) is 0 Å². The SMILES string of the molecule is CC(C)[O][Sn+2][O]C(C)C.CCCCCCCC(=O)CC(=O)[O-].CCCCCCCC(=O)CC(=O)[O-]. The standard InChI is InChI=1S/2C10H18O3.2C3H7O.Sn/c2*1-2-3-4-5-6-7-9(11)8-10(12)13;2*1-3(2)4;/h2*2-8H2,1H3,(H,12,13);2*3H,1-2H3;/q;;2*-1;+4/p-2. The van der Waals surface area contributed by atoms with Gasteiger partial charge in [0.25, 0.3) is 0 Å². The molecule has 35 heavy (non-hydrogen) atoms. The van der Waals surface area contributed by atoms with Gasteiger partial charge in [0.1, 0.15) is 11.6 Å². The van der Waals surface area contributed by atoms with Crippen LogP contribution in [-0.2, 0) is 25.3 Å². The number of carbonyl (C=O) groups is 4. The van der Waals surface area contributed by atoms with Crippen molar-refractivity contribution in [3.8, 4) is 0 Å². The Morgan fingerprint density at radius 1 is 0.600 bits per heavy atom. The number of carboxylic acids is 2. The number of carbonyl (C=O) groups excluding carboxylic acids is 4. The summed E-state index contributed by atoms with van der Waals surface area (Å²) < 4.78 is 10.6. The van der Waals surface area contributed by atoms with Gasteiger partial charge in [0, 0.05) is 37.6 Å². The van der Waals surface area contributed by atoms with E-state index in [-0.39, 0.29) is 11.6 Å². The Hall–Kier alpha value is -1.00. The molecule has 0 aliphatic rings. The van der Waals surface area contributed by atoms with Crippen LogP contribution in [0.3, 0.4) is 0 Å². The predicted octanol–water partition coefficient (Wildman–Crippen LogP) is 3.48. The number of aliphatic carboxylic acids is 2. The third-order valence-corrected chi connectivity index (χ3v) is 7.61. The molecule has 0 radical (unpaired) electrons. The summed E-state index contributed by atoms with van der Waals surface area (Å²) in [6.07, 6.45) is 11.3. The minimum absolute atomic E-state index is 0.212. The number of unbranched alkanes of at least 4 members (excludes halogenated alkanes) is 8. The second-order valence-corrected chi connectivity index (χ2v) is 10.7. The zero-order valence-electron chi connectivity index (χ0n) is 22.8. The summed E-state index contributed by atoms with van der Waals surface area (Å²) in [5, 5.41) is 20.0. The molecule has 0 rings (SSSR count). The minimum Gasteiger partial charge on any atom is -0.550 e. The fourth-order valence-electron chi connectivity index (χ4n) is 2.57. The van der Waals surface area contributed by atoms with Crippen LogP contribution >= 0.6 is 0 Å². The normalized spacial score (nSPS) is 10.1. The number of carboxylic acid groups (broad SMARTS) is 2. The number of hydrogen-bond acceptors (Lipinski definition) is 8. The van der Waals surface area contributed by atoms with Crippen molar-refractivity contribution in [2.75, 3.05) is 0 Å². The fourth-order valence-corrected chi connectivity index (χ4v) is 3.83. The Balaban J connectivity index is -0.000000448. The van der Waals surface area contributed by atoms with Gasteiger partial charge < -0.3 is 19.8 Å². The topological polar surface area (TPSA) is 133 Å². The quantitative estimate of drug-likeness (QED) is 0.117. The van der Waals surface area contributed by atoms with Crippen LogP contribution in [-0.4, -0.2) is 57.7 Å². The first-order valence-electron chi connectivity index (χ1n) is 12.9. The Labute approximate surface area is 224 Å². The molecule has 9 heteroatoms. The van der Waals surface area contributed by atoms with Crippen molar-refractivity contribution in [3.63, 3.8) is 0 Å². The van der Waals surface area contributed by atoms with Crippen LogP contribution in [0, 0.1) is 0 Å². The monoisotopic (exact) mass is 608 g/mol. The van der Waals surface area contributed by atoms with E-state index in [0.29, 0.717) is 25.0 Å². The maximum absolute atomic E-state index is 10.9. The van der Waals surface area contributed by atoms with Gasteiger partial charge in [0.05, 0.1) is 0 Å². The van der Waals surface area contributed by atoms with Crippen LogP contribution < -0.4 is 10.2 Å². The average molecular weight is 607 g/mol. The smallest absolute Gasteiger partial charge is 0.138 e. The van der Waals surface area contributed by atoms with Gasteiger partial charge in [0.15, 0.2) is 0 Å². The summed E-state index contributed by atoms with van der Waals surface area (Å²) in [7, 11) is 0. The van der Waals surface area contributed by atoms with Crippen molar-refractivity contribution in [1.29, 1.82) is 0 Å². The molecule has 0 amide bonds. The van der Waals surface area contributed by atoms with Crippen LogP contribution in [0.1, 0.15) is 131 Å². The van der Waals surface area contributed by atoms with Crippen molar-refractivity contribution in [1.82, 2.24) is 0 Å². The summed E-state index contributed by atoms with van der Waals surface area (Å²) in [6.45, 7) is 12.4. The van der Waals surface area contributed by atoms with Gasteiger partial charge >= 0.3 is 68.0 Å². The Bertz CT molecular complexity index is 489.